The summed E-state index contributed by atoms with van der Waals surface area (Å²) in [6.45, 7) is 11.8. The fourth-order valence-electron chi connectivity index (χ4n) is 4.99. The first kappa shape index (κ1) is 35.5. The monoisotopic (exact) mass is 620 g/mol. The van der Waals surface area contributed by atoms with E-state index in [2.05, 4.69) is 0 Å². The molecule has 0 spiro atoms. The Balaban J connectivity index is 1.52. The third kappa shape index (κ3) is 11.2. The van der Waals surface area contributed by atoms with Gasteiger partial charge in [-0.05, 0) is 79.6 Å². The van der Waals surface area contributed by atoms with Crippen molar-refractivity contribution in [2.75, 3.05) is 0 Å². The molecule has 1 N–H and O–H groups in total. The highest BCUT2D eigenvalue weighted by Gasteiger charge is 2.39. The lowest BCUT2D eigenvalue weighted by atomic mass is 9.71. The standard InChI is InChI=1S/C40H44O6/c1-7-8-11-28(2)12-9-13-29(3)16-23-35-30(4)39(44)36(27-40(35,5)6)46-38(43)25-24-37(42)45-34-21-19-31(20-22-34)17-18-32-14-10-15-33(41)26-32/h7-23,26,36,41H,24-25,27H2,1-6H3. The summed E-state index contributed by atoms with van der Waals surface area (Å²) in [5.74, 6) is -0.857. The van der Waals surface area contributed by atoms with Crippen molar-refractivity contribution in [2.24, 2.45) is 5.41 Å². The van der Waals surface area contributed by atoms with Crippen molar-refractivity contribution in [2.45, 2.75) is 66.9 Å². The van der Waals surface area contributed by atoms with Gasteiger partial charge < -0.3 is 14.6 Å². The van der Waals surface area contributed by atoms with Gasteiger partial charge in [0.2, 0.25) is 0 Å². The summed E-state index contributed by atoms with van der Waals surface area (Å²) in [5.41, 5.74) is 5.01. The van der Waals surface area contributed by atoms with Crippen LogP contribution in [0.15, 0.2) is 119 Å². The number of hydrogen-bond donors (Lipinski definition) is 1. The van der Waals surface area contributed by atoms with E-state index in [1.165, 1.54) is 0 Å². The number of rotatable bonds is 12. The number of aromatic hydroxyl groups is 1. The van der Waals surface area contributed by atoms with Crippen LogP contribution in [0.5, 0.6) is 11.5 Å². The summed E-state index contributed by atoms with van der Waals surface area (Å²) < 4.78 is 10.9. The fraction of sp³-hybridized carbons (Fsp3) is 0.275. The van der Waals surface area contributed by atoms with E-state index in [1.807, 2.05) is 101 Å². The van der Waals surface area contributed by atoms with Crippen LogP contribution < -0.4 is 4.74 Å². The van der Waals surface area contributed by atoms with Crippen LogP contribution in [-0.2, 0) is 19.1 Å². The summed E-state index contributed by atoms with van der Waals surface area (Å²) in [5, 5.41) is 9.59. The minimum Gasteiger partial charge on any atom is -0.508 e. The van der Waals surface area contributed by atoms with Gasteiger partial charge in [0.15, 0.2) is 11.9 Å². The van der Waals surface area contributed by atoms with Crippen molar-refractivity contribution in [3.05, 3.63) is 131 Å². The van der Waals surface area contributed by atoms with Crippen molar-refractivity contribution >= 4 is 29.9 Å². The molecular formula is C40H44O6. The molecule has 0 aliphatic heterocycles. The molecule has 0 fully saturated rings. The molecule has 0 amide bonds. The van der Waals surface area contributed by atoms with E-state index in [1.54, 1.807) is 49.4 Å². The lowest BCUT2D eigenvalue weighted by Crippen LogP contribution is -2.39. The lowest BCUT2D eigenvalue weighted by molar-refractivity contribution is -0.157. The average molecular weight is 621 g/mol. The van der Waals surface area contributed by atoms with Crippen LogP contribution in [0.25, 0.3) is 12.2 Å². The molecule has 1 atom stereocenters. The largest absolute Gasteiger partial charge is 0.508 e. The smallest absolute Gasteiger partial charge is 0.311 e. The maximum atomic E-state index is 13.2. The van der Waals surface area contributed by atoms with Crippen LogP contribution in [0.3, 0.4) is 0 Å². The number of ketones is 1. The zero-order valence-corrected chi connectivity index (χ0v) is 27.6. The van der Waals surface area contributed by atoms with Crippen LogP contribution in [-0.4, -0.2) is 28.9 Å². The molecule has 1 aliphatic rings. The number of Topliss-reactive ketones (excluding diaryl/α,β-unsaturated/α-hetero) is 1. The Morgan fingerprint density at radius 2 is 1.54 bits per heavy atom. The van der Waals surface area contributed by atoms with E-state index in [-0.39, 0.29) is 24.4 Å². The molecular weight excluding hydrogens is 576 g/mol. The second-order valence-electron chi connectivity index (χ2n) is 12.0. The summed E-state index contributed by atoms with van der Waals surface area (Å²) in [7, 11) is 0. The van der Waals surface area contributed by atoms with E-state index >= 15 is 0 Å². The number of carbonyl (C=O) groups excluding carboxylic acids is 3. The summed E-state index contributed by atoms with van der Waals surface area (Å²) in [6.07, 6.45) is 18.9. The molecule has 0 bridgehead atoms. The molecule has 1 aliphatic carbocycles. The Hall–Kier alpha value is -4.97. The number of benzene rings is 2. The van der Waals surface area contributed by atoms with Gasteiger partial charge in [-0.2, -0.15) is 0 Å². The van der Waals surface area contributed by atoms with Gasteiger partial charge in [0.25, 0.3) is 0 Å². The molecule has 240 valence electrons. The van der Waals surface area contributed by atoms with Crippen LogP contribution in [0.1, 0.15) is 71.9 Å². The van der Waals surface area contributed by atoms with Gasteiger partial charge in [-0.3, -0.25) is 14.4 Å². The molecule has 0 radical (unpaired) electrons. The van der Waals surface area contributed by atoms with Gasteiger partial charge in [0.05, 0.1) is 12.8 Å². The predicted octanol–water partition coefficient (Wildman–Crippen LogP) is 9.06. The predicted molar refractivity (Wildman–Crippen MR) is 185 cm³/mol. The Kier molecular flexibility index (Phi) is 13.1. The molecule has 3 rings (SSSR count). The van der Waals surface area contributed by atoms with Crippen molar-refractivity contribution in [1.29, 1.82) is 0 Å². The van der Waals surface area contributed by atoms with Crippen LogP contribution >= 0.6 is 0 Å². The molecule has 6 nitrogen and oxygen atoms in total. The van der Waals surface area contributed by atoms with E-state index in [0.29, 0.717) is 17.7 Å². The van der Waals surface area contributed by atoms with Crippen molar-refractivity contribution in [3.63, 3.8) is 0 Å². The topological polar surface area (TPSA) is 89.9 Å². The summed E-state index contributed by atoms with van der Waals surface area (Å²) in [4.78, 5) is 38.2. The van der Waals surface area contributed by atoms with E-state index in [9.17, 15) is 19.5 Å². The third-order valence-corrected chi connectivity index (χ3v) is 7.53. The summed E-state index contributed by atoms with van der Waals surface area (Å²) in [6, 6.07) is 13.8. The second-order valence-corrected chi connectivity index (χ2v) is 12.0. The highest BCUT2D eigenvalue weighted by molar-refractivity contribution is 6.01. The number of hydrogen-bond acceptors (Lipinski definition) is 6. The first-order chi connectivity index (χ1) is 21.9. The minimum absolute atomic E-state index is 0.171. The first-order valence-corrected chi connectivity index (χ1v) is 15.4. The summed E-state index contributed by atoms with van der Waals surface area (Å²) >= 11 is 0. The van der Waals surface area contributed by atoms with Gasteiger partial charge >= 0.3 is 11.9 Å². The van der Waals surface area contributed by atoms with Gasteiger partial charge in [-0.25, -0.2) is 0 Å². The molecule has 0 heterocycles. The van der Waals surface area contributed by atoms with E-state index < -0.39 is 23.5 Å². The molecule has 0 saturated heterocycles. The number of phenolic OH excluding ortho intramolecular Hbond substituents is 1. The molecule has 2 aromatic rings. The van der Waals surface area contributed by atoms with Crippen LogP contribution in [0.2, 0.25) is 0 Å². The molecule has 6 heteroatoms. The quantitative estimate of drug-likeness (QED) is 0.110. The van der Waals surface area contributed by atoms with Crippen LogP contribution in [0, 0.1) is 5.41 Å². The van der Waals surface area contributed by atoms with Crippen molar-refractivity contribution in [3.8, 4) is 11.5 Å². The maximum Gasteiger partial charge on any atom is 0.311 e. The van der Waals surface area contributed by atoms with Crippen molar-refractivity contribution < 1.29 is 29.0 Å². The molecule has 2 aromatic carbocycles. The minimum atomic E-state index is -0.900. The Bertz CT molecular complexity index is 1620. The highest BCUT2D eigenvalue weighted by atomic mass is 16.5. The first-order valence-electron chi connectivity index (χ1n) is 15.4. The molecule has 1 unspecified atom stereocenters. The second kappa shape index (κ2) is 16.9. The Morgan fingerprint density at radius 3 is 2.24 bits per heavy atom. The van der Waals surface area contributed by atoms with Crippen LogP contribution in [0.4, 0.5) is 0 Å². The number of esters is 2. The number of ether oxygens (including phenoxy) is 2. The molecule has 0 saturated carbocycles. The SMILES string of the molecule is CC=CC=C(C)C=CC=C(C)C=CC1=C(C)C(=O)C(OC(=O)CCC(=O)Oc2ccc(C=Cc3cccc(O)c3)cc2)CC1(C)C. The zero-order chi connectivity index (χ0) is 33.7. The number of allylic oxidation sites excluding steroid dienone is 11. The third-order valence-electron chi connectivity index (χ3n) is 7.53. The van der Waals surface area contributed by atoms with Gasteiger partial charge in [0, 0.05) is 6.42 Å². The fourth-order valence-corrected chi connectivity index (χ4v) is 4.99. The molecule has 46 heavy (non-hydrogen) atoms. The Morgan fingerprint density at radius 1 is 0.891 bits per heavy atom. The van der Waals surface area contributed by atoms with Gasteiger partial charge in [-0.15, -0.1) is 0 Å². The lowest BCUT2D eigenvalue weighted by Gasteiger charge is -2.36. The normalized spacial score (nSPS) is 17.5. The average Bonchev–Trinajstić information content (AvgIpc) is 3.01. The highest BCUT2D eigenvalue weighted by Crippen LogP contribution is 2.41. The molecule has 0 aromatic heterocycles. The van der Waals surface area contributed by atoms with E-state index in [0.717, 1.165) is 27.8 Å². The maximum absolute atomic E-state index is 13.2. The van der Waals surface area contributed by atoms with Crippen molar-refractivity contribution in [1.82, 2.24) is 0 Å². The Labute approximate surface area is 272 Å². The van der Waals surface area contributed by atoms with E-state index in [4.69, 9.17) is 9.47 Å². The number of phenols is 1. The zero-order valence-electron chi connectivity index (χ0n) is 27.6. The number of carbonyl (C=O) groups is 3. The van der Waals surface area contributed by atoms with Gasteiger partial charge in [0.1, 0.15) is 11.5 Å². The van der Waals surface area contributed by atoms with Gasteiger partial charge in [-0.1, -0.05) is 110 Å².